The minimum atomic E-state index is -0.849. The van der Waals surface area contributed by atoms with Crippen molar-refractivity contribution in [3.8, 4) is 5.75 Å². The monoisotopic (exact) mass is 345 g/mol. The number of carbonyl (C=O) groups excluding carboxylic acids is 1. The number of ether oxygens (including phenoxy) is 1. The van der Waals surface area contributed by atoms with Crippen LogP contribution in [0.25, 0.3) is 0 Å². The Kier molecular flexibility index (Phi) is 5.61. The highest BCUT2D eigenvalue weighted by Crippen LogP contribution is 2.40. The smallest absolute Gasteiger partial charge is 0.326 e. The highest BCUT2D eigenvalue weighted by molar-refractivity contribution is 5.84. The van der Waals surface area contributed by atoms with Crippen molar-refractivity contribution >= 4 is 11.9 Å². The number of hydrogen-bond acceptors (Lipinski definition) is 3. The van der Waals surface area contributed by atoms with Crippen molar-refractivity contribution in [2.24, 2.45) is 5.92 Å². The Morgan fingerprint density at radius 1 is 1.20 bits per heavy atom. The highest BCUT2D eigenvalue weighted by atomic mass is 16.5. The van der Waals surface area contributed by atoms with E-state index in [4.69, 9.17) is 4.74 Å². The Hall–Kier alpha value is -2.04. The summed E-state index contributed by atoms with van der Waals surface area (Å²) in [5.41, 5.74) is 1.17. The van der Waals surface area contributed by atoms with E-state index in [1.807, 2.05) is 24.3 Å². The molecule has 136 valence electrons. The van der Waals surface area contributed by atoms with E-state index in [1.165, 1.54) is 5.56 Å². The van der Waals surface area contributed by atoms with E-state index in [-0.39, 0.29) is 11.9 Å². The van der Waals surface area contributed by atoms with Crippen LogP contribution in [0.1, 0.15) is 50.5 Å². The number of nitrogens with zero attached hydrogens (tertiary/aromatic N) is 1. The third-order valence-corrected chi connectivity index (χ3v) is 5.68. The zero-order chi connectivity index (χ0) is 17.8. The molecule has 0 spiro atoms. The largest absolute Gasteiger partial charge is 0.497 e. The number of rotatable bonds is 6. The average molecular weight is 345 g/mol. The van der Waals surface area contributed by atoms with Crippen molar-refractivity contribution in [1.82, 2.24) is 4.90 Å². The van der Waals surface area contributed by atoms with Crippen molar-refractivity contribution in [2.75, 3.05) is 7.11 Å². The van der Waals surface area contributed by atoms with Crippen LogP contribution in [0.2, 0.25) is 0 Å². The van der Waals surface area contributed by atoms with Gasteiger partial charge in [0, 0.05) is 12.5 Å². The molecular formula is C20H27NO4. The topological polar surface area (TPSA) is 66.8 Å². The summed E-state index contributed by atoms with van der Waals surface area (Å²) in [6.45, 7) is 0. The first-order valence-electron chi connectivity index (χ1n) is 9.27. The van der Waals surface area contributed by atoms with Gasteiger partial charge in [-0.2, -0.15) is 0 Å². The van der Waals surface area contributed by atoms with Gasteiger partial charge in [-0.15, -0.1) is 0 Å². The van der Waals surface area contributed by atoms with Crippen LogP contribution in [0.4, 0.5) is 0 Å². The standard InChI is InChI=1S/C20H27NO4/c1-25-16-11-9-14(10-12-16)5-4-8-19(22)21-17-7-3-2-6-15(17)13-18(21)20(23)24/h9-12,15,17-18H,2-8,13H2,1H3,(H,23,24). The minimum Gasteiger partial charge on any atom is -0.497 e. The van der Waals surface area contributed by atoms with E-state index in [0.29, 0.717) is 18.8 Å². The van der Waals surface area contributed by atoms with Gasteiger partial charge < -0.3 is 14.7 Å². The van der Waals surface area contributed by atoms with Gasteiger partial charge in [0.2, 0.25) is 5.91 Å². The molecule has 1 saturated heterocycles. The van der Waals surface area contributed by atoms with Crippen LogP contribution in [-0.2, 0) is 16.0 Å². The minimum absolute atomic E-state index is 0.00955. The van der Waals surface area contributed by atoms with Crippen LogP contribution >= 0.6 is 0 Å². The molecule has 5 heteroatoms. The van der Waals surface area contributed by atoms with Crippen molar-refractivity contribution in [3.05, 3.63) is 29.8 Å². The zero-order valence-corrected chi connectivity index (χ0v) is 14.8. The SMILES string of the molecule is COc1ccc(CCCC(=O)N2C(C(=O)O)CC3CCCCC32)cc1. The van der Waals surface area contributed by atoms with Gasteiger partial charge in [0.25, 0.3) is 0 Å². The lowest BCUT2D eigenvalue weighted by molar-refractivity contribution is -0.149. The fourth-order valence-electron chi connectivity index (χ4n) is 4.40. The number of benzene rings is 1. The molecule has 1 aromatic carbocycles. The number of aryl methyl sites for hydroxylation is 1. The van der Waals surface area contributed by atoms with Crippen molar-refractivity contribution < 1.29 is 19.4 Å². The maximum Gasteiger partial charge on any atom is 0.326 e. The second kappa shape index (κ2) is 7.89. The molecular weight excluding hydrogens is 318 g/mol. The fraction of sp³-hybridized carbons (Fsp3) is 0.600. The Balaban J connectivity index is 1.57. The molecule has 5 nitrogen and oxygen atoms in total. The van der Waals surface area contributed by atoms with Crippen LogP contribution in [0, 0.1) is 5.92 Å². The Morgan fingerprint density at radius 2 is 1.92 bits per heavy atom. The summed E-state index contributed by atoms with van der Waals surface area (Å²) in [5.74, 6) is 0.359. The fourth-order valence-corrected chi connectivity index (χ4v) is 4.40. The maximum absolute atomic E-state index is 12.7. The second-order valence-corrected chi connectivity index (χ2v) is 7.20. The molecule has 1 aromatic rings. The van der Waals surface area contributed by atoms with E-state index in [1.54, 1.807) is 12.0 Å². The number of likely N-dealkylation sites (tertiary alicyclic amines) is 1. The lowest BCUT2D eigenvalue weighted by Crippen LogP contribution is -2.46. The van der Waals surface area contributed by atoms with Gasteiger partial charge in [-0.05, 0) is 55.7 Å². The number of amides is 1. The number of aliphatic carboxylic acids is 1. The Bertz CT molecular complexity index is 613. The van der Waals surface area contributed by atoms with E-state index >= 15 is 0 Å². The number of carboxylic acids is 1. The molecule has 2 aliphatic rings. The van der Waals surface area contributed by atoms with Crippen molar-refractivity contribution in [3.63, 3.8) is 0 Å². The van der Waals surface area contributed by atoms with Gasteiger partial charge in [-0.1, -0.05) is 25.0 Å². The Labute approximate surface area is 149 Å². The number of carbonyl (C=O) groups is 2. The van der Waals surface area contributed by atoms with Crippen LogP contribution in [-0.4, -0.2) is 41.1 Å². The third-order valence-electron chi connectivity index (χ3n) is 5.68. The summed E-state index contributed by atoms with van der Waals surface area (Å²) < 4.78 is 5.15. The Morgan fingerprint density at radius 3 is 2.60 bits per heavy atom. The molecule has 3 atom stereocenters. The van der Waals surface area contributed by atoms with Gasteiger partial charge in [-0.3, -0.25) is 4.79 Å². The normalized spacial score (nSPS) is 25.5. The molecule has 1 N–H and O–H groups in total. The van der Waals surface area contributed by atoms with E-state index in [0.717, 1.165) is 44.3 Å². The van der Waals surface area contributed by atoms with Gasteiger partial charge in [0.05, 0.1) is 7.11 Å². The summed E-state index contributed by atoms with van der Waals surface area (Å²) in [4.78, 5) is 26.1. The number of hydrogen-bond donors (Lipinski definition) is 1. The number of fused-ring (bicyclic) bond motifs is 1. The molecule has 1 amide bonds. The molecule has 2 fully saturated rings. The first-order chi connectivity index (χ1) is 12.1. The second-order valence-electron chi connectivity index (χ2n) is 7.20. The zero-order valence-electron chi connectivity index (χ0n) is 14.8. The summed E-state index contributed by atoms with van der Waals surface area (Å²) in [6.07, 6.45) is 6.88. The number of methoxy groups -OCH3 is 1. The number of carboxylic acid groups (broad SMARTS) is 1. The predicted octanol–water partition coefficient (Wildman–Crippen LogP) is 3.26. The van der Waals surface area contributed by atoms with E-state index in [9.17, 15) is 14.7 Å². The summed E-state index contributed by atoms with van der Waals surface area (Å²) in [6, 6.07) is 7.38. The quantitative estimate of drug-likeness (QED) is 0.859. The molecule has 1 aliphatic heterocycles. The first kappa shape index (κ1) is 17.8. The van der Waals surface area contributed by atoms with Crippen molar-refractivity contribution in [2.45, 2.75) is 63.5 Å². The van der Waals surface area contributed by atoms with Crippen LogP contribution in [0.3, 0.4) is 0 Å². The lowest BCUT2D eigenvalue weighted by Gasteiger charge is -2.33. The van der Waals surface area contributed by atoms with Gasteiger partial charge >= 0.3 is 5.97 Å². The first-order valence-corrected chi connectivity index (χ1v) is 9.27. The molecule has 0 aromatic heterocycles. The molecule has 1 saturated carbocycles. The van der Waals surface area contributed by atoms with Gasteiger partial charge in [-0.25, -0.2) is 4.79 Å². The van der Waals surface area contributed by atoms with Crippen molar-refractivity contribution in [1.29, 1.82) is 0 Å². The third kappa shape index (κ3) is 3.97. The van der Waals surface area contributed by atoms with Crippen LogP contribution in [0.15, 0.2) is 24.3 Å². The van der Waals surface area contributed by atoms with Gasteiger partial charge in [0.1, 0.15) is 11.8 Å². The molecule has 0 radical (unpaired) electrons. The van der Waals surface area contributed by atoms with Crippen LogP contribution < -0.4 is 4.74 Å². The molecule has 25 heavy (non-hydrogen) atoms. The molecule has 0 bridgehead atoms. The average Bonchev–Trinajstić information content (AvgIpc) is 3.02. The molecule has 3 rings (SSSR count). The van der Waals surface area contributed by atoms with E-state index < -0.39 is 12.0 Å². The molecule has 1 heterocycles. The summed E-state index contributed by atoms with van der Waals surface area (Å²) in [5, 5.41) is 9.53. The maximum atomic E-state index is 12.7. The van der Waals surface area contributed by atoms with Gasteiger partial charge in [0.15, 0.2) is 0 Å². The molecule has 1 aliphatic carbocycles. The summed E-state index contributed by atoms with van der Waals surface area (Å²) >= 11 is 0. The van der Waals surface area contributed by atoms with Crippen LogP contribution in [0.5, 0.6) is 5.75 Å². The highest BCUT2D eigenvalue weighted by Gasteiger charge is 2.47. The predicted molar refractivity (Wildman–Crippen MR) is 94.6 cm³/mol. The summed E-state index contributed by atoms with van der Waals surface area (Å²) in [7, 11) is 1.64. The van der Waals surface area contributed by atoms with E-state index in [2.05, 4.69) is 0 Å². The lowest BCUT2D eigenvalue weighted by atomic mass is 9.84. The molecule has 3 unspecified atom stereocenters.